The number of nitrogens with one attached hydrogen (secondary N) is 1. The summed E-state index contributed by atoms with van der Waals surface area (Å²) in [6.07, 6.45) is 2.54. The minimum atomic E-state index is -0.540. The third-order valence-corrected chi connectivity index (χ3v) is 3.51. The average Bonchev–Trinajstić information content (AvgIpc) is 2.90. The van der Waals surface area contributed by atoms with Gasteiger partial charge >= 0.3 is 0 Å². The summed E-state index contributed by atoms with van der Waals surface area (Å²) in [4.78, 5) is 25.3. The molecule has 0 unspecified atom stereocenters. The Labute approximate surface area is 121 Å². The van der Waals surface area contributed by atoms with E-state index >= 15 is 0 Å². The Morgan fingerprint density at radius 1 is 1.50 bits per heavy atom. The molecule has 1 N–H and O–H groups in total. The molecule has 1 aliphatic heterocycles. The van der Waals surface area contributed by atoms with Crippen LogP contribution in [-0.2, 0) is 9.59 Å². The molecule has 2 rings (SSSR count). The lowest BCUT2D eigenvalue weighted by atomic mass is 10.2. The van der Waals surface area contributed by atoms with Crippen molar-refractivity contribution >= 4 is 29.1 Å². The molecule has 0 aliphatic carbocycles. The average molecular weight is 297 g/mol. The number of carbonyl (C=O) groups excluding carboxylic acids is 2. The molecule has 6 heteroatoms. The molecule has 1 aromatic rings. The molecule has 0 spiro atoms. The van der Waals surface area contributed by atoms with Crippen LogP contribution in [0.25, 0.3) is 0 Å². The zero-order valence-electron chi connectivity index (χ0n) is 10.7. The number of hydrogen-bond acceptors (Lipinski definition) is 2. The summed E-state index contributed by atoms with van der Waals surface area (Å²) in [5.74, 6) is -1.07. The summed E-state index contributed by atoms with van der Waals surface area (Å²) < 4.78 is 12.9. The van der Waals surface area contributed by atoms with Gasteiger partial charge in [-0.05, 0) is 37.1 Å². The lowest BCUT2D eigenvalue weighted by Gasteiger charge is -2.22. The smallest absolute Gasteiger partial charge is 0.247 e. The topological polar surface area (TPSA) is 49.4 Å². The molecule has 1 atom stereocenters. The maximum atomic E-state index is 12.9. The highest BCUT2D eigenvalue weighted by Gasteiger charge is 2.33. The van der Waals surface area contributed by atoms with Gasteiger partial charge in [0.15, 0.2) is 0 Å². The van der Waals surface area contributed by atoms with Gasteiger partial charge in [-0.25, -0.2) is 4.39 Å². The number of likely N-dealkylation sites (tertiary alicyclic amines) is 1. The summed E-state index contributed by atoms with van der Waals surface area (Å²) in [6, 6.07) is 3.19. The van der Waals surface area contributed by atoms with E-state index in [4.69, 9.17) is 11.6 Å². The van der Waals surface area contributed by atoms with Crippen LogP contribution < -0.4 is 5.32 Å². The molecule has 0 radical (unpaired) electrons. The molecule has 1 saturated heterocycles. The second-order valence-electron chi connectivity index (χ2n) is 4.51. The standard InChI is InChI=1S/C14H14ClFN2O2/c1-2-13(19)18-7-3-4-12(18)14(20)17-11-6-5-9(16)8-10(11)15/h2,5-6,8,12H,1,3-4,7H2,(H,17,20)/t12-/m0/s1. The monoisotopic (exact) mass is 296 g/mol. The lowest BCUT2D eigenvalue weighted by Crippen LogP contribution is -2.42. The second kappa shape index (κ2) is 6.05. The molecule has 1 aliphatic rings. The number of hydrogen-bond donors (Lipinski definition) is 1. The van der Waals surface area contributed by atoms with Crippen molar-refractivity contribution in [3.63, 3.8) is 0 Å². The third-order valence-electron chi connectivity index (χ3n) is 3.20. The van der Waals surface area contributed by atoms with Gasteiger partial charge in [0.05, 0.1) is 10.7 Å². The Morgan fingerprint density at radius 3 is 2.90 bits per heavy atom. The molecule has 2 amide bonds. The summed E-state index contributed by atoms with van der Waals surface area (Å²) >= 11 is 5.86. The highest BCUT2D eigenvalue weighted by molar-refractivity contribution is 6.33. The SMILES string of the molecule is C=CC(=O)N1CCC[C@H]1C(=O)Nc1ccc(F)cc1Cl. The van der Waals surface area contributed by atoms with Gasteiger partial charge in [-0.2, -0.15) is 0 Å². The molecule has 1 aromatic carbocycles. The molecule has 4 nitrogen and oxygen atoms in total. The molecule has 1 heterocycles. The van der Waals surface area contributed by atoms with Crippen LogP contribution in [0.4, 0.5) is 10.1 Å². The number of anilines is 1. The number of carbonyl (C=O) groups is 2. The van der Waals surface area contributed by atoms with Gasteiger partial charge in [-0.1, -0.05) is 18.2 Å². The first-order valence-corrected chi connectivity index (χ1v) is 6.59. The predicted molar refractivity (Wildman–Crippen MR) is 75.0 cm³/mol. The number of benzene rings is 1. The highest BCUT2D eigenvalue weighted by atomic mass is 35.5. The molecule has 0 aromatic heterocycles. The van der Waals surface area contributed by atoms with Crippen molar-refractivity contribution in [3.8, 4) is 0 Å². The molecule has 20 heavy (non-hydrogen) atoms. The summed E-state index contributed by atoms with van der Waals surface area (Å²) in [7, 11) is 0. The van der Waals surface area contributed by atoms with Crippen molar-refractivity contribution in [3.05, 3.63) is 41.7 Å². The summed E-state index contributed by atoms with van der Waals surface area (Å²) in [5, 5.41) is 2.75. The number of amides is 2. The first kappa shape index (κ1) is 14.5. The fourth-order valence-corrected chi connectivity index (χ4v) is 2.44. The van der Waals surface area contributed by atoms with Gasteiger partial charge < -0.3 is 10.2 Å². The lowest BCUT2D eigenvalue weighted by molar-refractivity contribution is -0.132. The van der Waals surface area contributed by atoms with E-state index in [1.165, 1.54) is 23.1 Å². The first-order chi connectivity index (χ1) is 9.52. The molecular formula is C14H14ClFN2O2. The summed E-state index contributed by atoms with van der Waals surface area (Å²) in [6.45, 7) is 3.95. The predicted octanol–water partition coefficient (Wildman–Crippen LogP) is 2.59. The number of halogens is 2. The Bertz CT molecular complexity index is 562. The van der Waals surface area contributed by atoms with E-state index in [0.717, 1.165) is 12.5 Å². The van der Waals surface area contributed by atoms with Gasteiger partial charge in [0.25, 0.3) is 0 Å². The fraction of sp³-hybridized carbons (Fsp3) is 0.286. The van der Waals surface area contributed by atoms with Gasteiger partial charge in [0.2, 0.25) is 11.8 Å². The van der Waals surface area contributed by atoms with Crippen molar-refractivity contribution in [2.45, 2.75) is 18.9 Å². The molecule has 0 bridgehead atoms. The Hall–Kier alpha value is -1.88. The minimum Gasteiger partial charge on any atom is -0.327 e. The van der Waals surface area contributed by atoms with Crippen LogP contribution in [-0.4, -0.2) is 29.3 Å². The quantitative estimate of drug-likeness (QED) is 0.872. The Morgan fingerprint density at radius 2 is 2.25 bits per heavy atom. The van der Waals surface area contributed by atoms with Crippen molar-refractivity contribution < 1.29 is 14.0 Å². The van der Waals surface area contributed by atoms with E-state index in [1.807, 2.05) is 0 Å². The van der Waals surface area contributed by atoms with Gasteiger partial charge in [-0.15, -0.1) is 0 Å². The minimum absolute atomic E-state index is 0.123. The van der Waals surface area contributed by atoms with Gasteiger partial charge in [-0.3, -0.25) is 9.59 Å². The van der Waals surface area contributed by atoms with Crippen LogP contribution in [0.2, 0.25) is 5.02 Å². The van der Waals surface area contributed by atoms with Crippen LogP contribution in [0.3, 0.4) is 0 Å². The normalized spacial score (nSPS) is 17.9. The van der Waals surface area contributed by atoms with Crippen molar-refractivity contribution in [2.24, 2.45) is 0 Å². The highest BCUT2D eigenvalue weighted by Crippen LogP contribution is 2.24. The zero-order valence-corrected chi connectivity index (χ0v) is 11.5. The maximum Gasteiger partial charge on any atom is 0.247 e. The van der Waals surface area contributed by atoms with E-state index in [9.17, 15) is 14.0 Å². The molecule has 106 valence electrons. The number of rotatable bonds is 3. The van der Waals surface area contributed by atoms with Crippen LogP contribution in [0.15, 0.2) is 30.9 Å². The van der Waals surface area contributed by atoms with Crippen molar-refractivity contribution in [1.29, 1.82) is 0 Å². The van der Waals surface area contributed by atoms with Crippen LogP contribution >= 0.6 is 11.6 Å². The Kier molecular flexibility index (Phi) is 4.39. The van der Waals surface area contributed by atoms with Gasteiger partial charge in [0.1, 0.15) is 11.9 Å². The van der Waals surface area contributed by atoms with E-state index < -0.39 is 11.9 Å². The van der Waals surface area contributed by atoms with E-state index in [0.29, 0.717) is 18.7 Å². The molecule has 0 saturated carbocycles. The van der Waals surface area contributed by atoms with E-state index in [2.05, 4.69) is 11.9 Å². The molecular weight excluding hydrogens is 283 g/mol. The Balaban J connectivity index is 2.11. The van der Waals surface area contributed by atoms with E-state index in [1.54, 1.807) is 0 Å². The maximum absolute atomic E-state index is 12.9. The number of nitrogens with zero attached hydrogens (tertiary/aromatic N) is 1. The van der Waals surface area contributed by atoms with Crippen LogP contribution in [0, 0.1) is 5.82 Å². The second-order valence-corrected chi connectivity index (χ2v) is 4.91. The third kappa shape index (κ3) is 2.99. The van der Waals surface area contributed by atoms with Crippen LogP contribution in [0.5, 0.6) is 0 Å². The summed E-state index contributed by atoms with van der Waals surface area (Å²) in [5.41, 5.74) is 0.330. The van der Waals surface area contributed by atoms with E-state index in [-0.39, 0.29) is 16.8 Å². The fourth-order valence-electron chi connectivity index (χ4n) is 2.23. The largest absolute Gasteiger partial charge is 0.327 e. The van der Waals surface area contributed by atoms with Crippen LogP contribution in [0.1, 0.15) is 12.8 Å². The van der Waals surface area contributed by atoms with Crippen molar-refractivity contribution in [2.75, 3.05) is 11.9 Å². The first-order valence-electron chi connectivity index (χ1n) is 6.22. The zero-order chi connectivity index (χ0) is 14.7. The van der Waals surface area contributed by atoms with Crippen molar-refractivity contribution in [1.82, 2.24) is 4.90 Å². The molecule has 1 fully saturated rings. The van der Waals surface area contributed by atoms with Gasteiger partial charge in [0, 0.05) is 6.54 Å².